The fourth-order valence-corrected chi connectivity index (χ4v) is 4.39. The molecule has 0 radical (unpaired) electrons. The SMILES string of the molecule is Cc1cccc(Nc2nnc(SCC(=O)Nc3cccc4ccccc34)s2)c1. The molecule has 0 aliphatic heterocycles. The maximum Gasteiger partial charge on any atom is 0.234 e. The van der Waals surface area contributed by atoms with Gasteiger partial charge in [0.2, 0.25) is 11.0 Å². The van der Waals surface area contributed by atoms with Gasteiger partial charge in [-0.1, -0.05) is 71.6 Å². The van der Waals surface area contributed by atoms with Gasteiger partial charge in [-0.05, 0) is 36.1 Å². The number of carbonyl (C=O) groups is 1. The second-order valence-corrected chi connectivity index (χ2v) is 8.43. The van der Waals surface area contributed by atoms with Crippen LogP contribution >= 0.6 is 23.1 Å². The average molecular weight is 407 g/mol. The summed E-state index contributed by atoms with van der Waals surface area (Å²) in [5.74, 6) is 0.215. The summed E-state index contributed by atoms with van der Waals surface area (Å²) in [7, 11) is 0. The molecule has 0 aliphatic carbocycles. The highest BCUT2D eigenvalue weighted by atomic mass is 32.2. The van der Waals surface area contributed by atoms with Crippen molar-refractivity contribution in [3.8, 4) is 0 Å². The summed E-state index contributed by atoms with van der Waals surface area (Å²) in [5, 5.41) is 17.4. The van der Waals surface area contributed by atoms with Gasteiger partial charge in [-0.25, -0.2) is 0 Å². The van der Waals surface area contributed by atoms with Crippen LogP contribution in [0.15, 0.2) is 71.1 Å². The number of anilines is 3. The monoisotopic (exact) mass is 406 g/mol. The first-order valence-electron chi connectivity index (χ1n) is 8.75. The number of nitrogens with zero attached hydrogens (tertiary/aromatic N) is 2. The van der Waals surface area contributed by atoms with Crippen LogP contribution in [0.3, 0.4) is 0 Å². The number of thioether (sulfide) groups is 1. The van der Waals surface area contributed by atoms with E-state index in [1.165, 1.54) is 28.7 Å². The standard InChI is InChI=1S/C21H18N4OS2/c1-14-6-4-9-16(12-14)22-20-24-25-21(28-20)27-13-19(26)23-18-11-5-8-15-7-2-3-10-17(15)18/h2-12H,13H2,1H3,(H,22,24)(H,23,26). The van der Waals surface area contributed by atoms with Crippen LogP contribution in [-0.2, 0) is 4.79 Å². The molecule has 2 N–H and O–H groups in total. The van der Waals surface area contributed by atoms with Crippen molar-refractivity contribution in [1.29, 1.82) is 0 Å². The Hall–Kier alpha value is -2.90. The molecule has 0 atom stereocenters. The van der Waals surface area contributed by atoms with Crippen molar-refractivity contribution in [2.45, 2.75) is 11.3 Å². The smallest absolute Gasteiger partial charge is 0.234 e. The molecule has 0 unspecified atom stereocenters. The number of fused-ring (bicyclic) bond motifs is 1. The maximum atomic E-state index is 12.4. The van der Waals surface area contributed by atoms with E-state index >= 15 is 0 Å². The van der Waals surface area contributed by atoms with Gasteiger partial charge in [0.15, 0.2) is 4.34 Å². The molecule has 7 heteroatoms. The molecule has 28 heavy (non-hydrogen) atoms. The summed E-state index contributed by atoms with van der Waals surface area (Å²) in [5.41, 5.74) is 2.97. The summed E-state index contributed by atoms with van der Waals surface area (Å²) >= 11 is 2.81. The van der Waals surface area contributed by atoms with Crippen molar-refractivity contribution < 1.29 is 4.79 Å². The van der Waals surface area contributed by atoms with Gasteiger partial charge >= 0.3 is 0 Å². The molecule has 0 saturated heterocycles. The van der Waals surface area contributed by atoms with Gasteiger partial charge < -0.3 is 10.6 Å². The third-order valence-corrected chi connectivity index (χ3v) is 6.04. The molecule has 1 aromatic heterocycles. The quantitative estimate of drug-likeness (QED) is 0.415. The van der Waals surface area contributed by atoms with Gasteiger partial charge in [0.1, 0.15) is 0 Å². The number of aryl methyl sites for hydroxylation is 1. The van der Waals surface area contributed by atoms with Crippen LogP contribution in [0, 0.1) is 6.92 Å². The molecule has 5 nitrogen and oxygen atoms in total. The van der Waals surface area contributed by atoms with Gasteiger partial charge in [-0.15, -0.1) is 10.2 Å². The minimum Gasteiger partial charge on any atom is -0.330 e. The Bertz CT molecular complexity index is 1120. The molecule has 4 aromatic rings. The van der Waals surface area contributed by atoms with Gasteiger partial charge in [-0.3, -0.25) is 4.79 Å². The second kappa shape index (κ2) is 8.41. The fraction of sp³-hybridized carbons (Fsp3) is 0.0952. The van der Waals surface area contributed by atoms with Gasteiger partial charge in [0, 0.05) is 16.8 Å². The van der Waals surface area contributed by atoms with Gasteiger partial charge in [0.25, 0.3) is 0 Å². The van der Waals surface area contributed by atoms with Crippen molar-refractivity contribution in [3.05, 3.63) is 72.3 Å². The first-order chi connectivity index (χ1) is 13.7. The number of hydrogen-bond donors (Lipinski definition) is 2. The number of nitrogens with one attached hydrogen (secondary N) is 2. The van der Waals surface area contributed by atoms with Crippen molar-refractivity contribution in [3.63, 3.8) is 0 Å². The molecular weight excluding hydrogens is 388 g/mol. The van der Waals surface area contributed by atoms with Crippen LogP contribution in [0.4, 0.5) is 16.5 Å². The first kappa shape index (κ1) is 18.5. The third-order valence-electron chi connectivity index (χ3n) is 4.07. The van der Waals surface area contributed by atoms with Crippen LogP contribution in [0.5, 0.6) is 0 Å². The Morgan fingerprint density at radius 1 is 1.04 bits per heavy atom. The van der Waals surface area contributed by atoms with Crippen molar-refractivity contribution >= 4 is 56.3 Å². The molecule has 3 aromatic carbocycles. The molecule has 1 amide bonds. The summed E-state index contributed by atoms with van der Waals surface area (Å²) in [6.07, 6.45) is 0. The maximum absolute atomic E-state index is 12.4. The highest BCUT2D eigenvalue weighted by Gasteiger charge is 2.10. The van der Waals surface area contributed by atoms with Gasteiger partial charge in [0.05, 0.1) is 5.75 Å². The Morgan fingerprint density at radius 2 is 1.86 bits per heavy atom. The zero-order chi connectivity index (χ0) is 19.3. The molecule has 0 aliphatic rings. The molecule has 140 valence electrons. The Labute approximate surface area is 171 Å². The Morgan fingerprint density at radius 3 is 2.75 bits per heavy atom. The number of carbonyl (C=O) groups excluding carboxylic acids is 1. The lowest BCUT2D eigenvalue weighted by molar-refractivity contribution is -0.113. The van der Waals surface area contributed by atoms with Crippen molar-refractivity contribution in [2.75, 3.05) is 16.4 Å². The number of hydrogen-bond acceptors (Lipinski definition) is 6. The van der Waals surface area contributed by atoms with E-state index in [0.29, 0.717) is 5.13 Å². The number of aromatic nitrogens is 2. The Kier molecular flexibility index (Phi) is 5.55. The summed E-state index contributed by atoms with van der Waals surface area (Å²) in [6, 6.07) is 22.0. The average Bonchev–Trinajstić information content (AvgIpc) is 3.14. The number of amides is 1. The molecule has 0 bridgehead atoms. The fourth-order valence-electron chi connectivity index (χ4n) is 2.81. The first-order valence-corrected chi connectivity index (χ1v) is 10.6. The van der Waals surface area contributed by atoms with E-state index in [2.05, 4.69) is 20.8 Å². The van der Waals surface area contributed by atoms with Crippen LogP contribution in [0.2, 0.25) is 0 Å². The van der Waals surface area contributed by atoms with Crippen molar-refractivity contribution in [2.24, 2.45) is 0 Å². The minimum atomic E-state index is -0.0650. The summed E-state index contributed by atoms with van der Waals surface area (Å²) in [4.78, 5) is 12.4. The summed E-state index contributed by atoms with van der Waals surface area (Å²) in [6.45, 7) is 2.04. The lowest BCUT2D eigenvalue weighted by Gasteiger charge is -2.08. The second-order valence-electron chi connectivity index (χ2n) is 6.23. The lowest BCUT2D eigenvalue weighted by atomic mass is 10.1. The van der Waals surface area contributed by atoms with E-state index in [1.807, 2.05) is 73.7 Å². The van der Waals surface area contributed by atoms with E-state index < -0.39 is 0 Å². The topological polar surface area (TPSA) is 66.9 Å². The minimum absolute atomic E-state index is 0.0650. The van der Waals surface area contributed by atoms with E-state index in [0.717, 1.165) is 26.5 Å². The van der Waals surface area contributed by atoms with Crippen LogP contribution in [-0.4, -0.2) is 21.9 Å². The highest BCUT2D eigenvalue weighted by Crippen LogP contribution is 2.28. The normalized spacial score (nSPS) is 10.8. The van der Waals surface area contributed by atoms with Gasteiger partial charge in [-0.2, -0.15) is 0 Å². The van der Waals surface area contributed by atoms with Crippen molar-refractivity contribution in [1.82, 2.24) is 10.2 Å². The number of rotatable bonds is 6. The molecular formula is C21H18N4OS2. The van der Waals surface area contributed by atoms with E-state index in [1.54, 1.807) is 0 Å². The van der Waals surface area contributed by atoms with Crippen LogP contribution in [0.1, 0.15) is 5.56 Å². The molecule has 0 fully saturated rings. The Balaban J connectivity index is 1.35. The molecule has 4 rings (SSSR count). The lowest BCUT2D eigenvalue weighted by Crippen LogP contribution is -2.14. The molecule has 1 heterocycles. The number of benzene rings is 3. The highest BCUT2D eigenvalue weighted by molar-refractivity contribution is 8.01. The zero-order valence-corrected chi connectivity index (χ0v) is 16.8. The largest absolute Gasteiger partial charge is 0.330 e. The van der Waals surface area contributed by atoms with Crippen LogP contribution < -0.4 is 10.6 Å². The predicted octanol–water partition coefficient (Wildman–Crippen LogP) is 5.47. The zero-order valence-electron chi connectivity index (χ0n) is 15.2. The summed E-state index contributed by atoms with van der Waals surface area (Å²) < 4.78 is 0.753. The van der Waals surface area contributed by atoms with E-state index in [-0.39, 0.29) is 11.7 Å². The third kappa shape index (κ3) is 4.49. The van der Waals surface area contributed by atoms with E-state index in [4.69, 9.17) is 0 Å². The molecule has 0 saturated carbocycles. The van der Waals surface area contributed by atoms with E-state index in [9.17, 15) is 4.79 Å². The predicted molar refractivity (Wildman–Crippen MR) is 118 cm³/mol. The van der Waals surface area contributed by atoms with Crippen LogP contribution in [0.25, 0.3) is 10.8 Å². The molecule has 0 spiro atoms.